The maximum absolute atomic E-state index is 5.13. The summed E-state index contributed by atoms with van der Waals surface area (Å²) in [5, 5.41) is 0.243. The molecule has 1 saturated heterocycles. The minimum atomic E-state index is 0.243. The summed E-state index contributed by atoms with van der Waals surface area (Å²) in [6.45, 7) is 0.881. The third kappa shape index (κ3) is 1.40. The molecule has 0 bridgehead atoms. The SMILES string of the molecule is Br[C@H]1CCO[C@@H]1Br. The fourth-order valence-electron chi connectivity index (χ4n) is 0.529. The van der Waals surface area contributed by atoms with Crippen LogP contribution in [0.5, 0.6) is 0 Å². The minimum Gasteiger partial charge on any atom is -0.366 e. The van der Waals surface area contributed by atoms with Gasteiger partial charge < -0.3 is 4.74 Å². The van der Waals surface area contributed by atoms with Crippen LogP contribution in [0, 0.1) is 0 Å². The van der Waals surface area contributed by atoms with Gasteiger partial charge in [0.05, 0.1) is 4.83 Å². The van der Waals surface area contributed by atoms with Gasteiger partial charge in [0.2, 0.25) is 0 Å². The lowest BCUT2D eigenvalue weighted by Gasteiger charge is -2.00. The van der Waals surface area contributed by atoms with Crippen LogP contribution in [0.1, 0.15) is 6.42 Å². The molecular formula is C4H6Br2O. The zero-order valence-corrected chi connectivity index (χ0v) is 6.91. The number of alkyl halides is 2. The molecule has 0 aromatic carbocycles. The Morgan fingerprint density at radius 2 is 2.14 bits per heavy atom. The highest BCUT2D eigenvalue weighted by molar-refractivity contribution is 9.12. The van der Waals surface area contributed by atoms with E-state index in [4.69, 9.17) is 4.74 Å². The highest BCUT2D eigenvalue weighted by Crippen LogP contribution is 2.24. The summed E-state index contributed by atoms with van der Waals surface area (Å²) in [6, 6.07) is 0. The molecule has 1 rings (SSSR count). The van der Waals surface area contributed by atoms with Crippen LogP contribution in [0.15, 0.2) is 0 Å². The third-order valence-electron chi connectivity index (χ3n) is 0.955. The molecule has 0 aliphatic carbocycles. The number of ether oxygens (including phenoxy) is 1. The molecule has 1 aliphatic rings. The van der Waals surface area contributed by atoms with E-state index in [1.807, 2.05) is 0 Å². The Morgan fingerprint density at radius 1 is 1.43 bits per heavy atom. The van der Waals surface area contributed by atoms with Gasteiger partial charge >= 0.3 is 0 Å². The molecule has 1 aliphatic heterocycles. The topological polar surface area (TPSA) is 9.23 Å². The normalized spacial score (nSPS) is 42.0. The average molecular weight is 230 g/mol. The van der Waals surface area contributed by atoms with Crippen molar-refractivity contribution >= 4 is 31.9 Å². The van der Waals surface area contributed by atoms with Gasteiger partial charge in [-0.3, -0.25) is 0 Å². The quantitative estimate of drug-likeness (QED) is 0.577. The van der Waals surface area contributed by atoms with E-state index in [0.29, 0.717) is 4.83 Å². The van der Waals surface area contributed by atoms with Crippen LogP contribution in [0.2, 0.25) is 0 Å². The van der Waals surface area contributed by atoms with Gasteiger partial charge in [0.15, 0.2) is 0 Å². The lowest BCUT2D eigenvalue weighted by atomic mass is 10.4. The second kappa shape index (κ2) is 2.46. The van der Waals surface area contributed by atoms with Crippen molar-refractivity contribution in [1.82, 2.24) is 0 Å². The van der Waals surface area contributed by atoms with E-state index in [1.54, 1.807) is 0 Å². The van der Waals surface area contributed by atoms with E-state index in [9.17, 15) is 0 Å². The van der Waals surface area contributed by atoms with Crippen molar-refractivity contribution in [2.45, 2.75) is 16.3 Å². The molecule has 0 aromatic heterocycles. The third-order valence-corrected chi connectivity index (χ3v) is 3.50. The number of halogens is 2. The molecule has 1 heterocycles. The molecule has 42 valence electrons. The van der Waals surface area contributed by atoms with E-state index >= 15 is 0 Å². The van der Waals surface area contributed by atoms with Crippen molar-refractivity contribution in [1.29, 1.82) is 0 Å². The zero-order valence-electron chi connectivity index (χ0n) is 3.73. The van der Waals surface area contributed by atoms with E-state index in [2.05, 4.69) is 31.9 Å². The summed E-state index contributed by atoms with van der Waals surface area (Å²) < 4.78 is 5.13. The molecular weight excluding hydrogens is 224 g/mol. The molecule has 0 amide bonds. The van der Waals surface area contributed by atoms with Gasteiger partial charge in [0, 0.05) is 6.61 Å². The second-order valence-corrected chi connectivity index (χ2v) is 3.61. The Balaban J connectivity index is 2.33. The highest BCUT2D eigenvalue weighted by atomic mass is 79.9. The number of rotatable bonds is 0. The lowest BCUT2D eigenvalue weighted by molar-refractivity contribution is 0.180. The van der Waals surface area contributed by atoms with E-state index in [-0.39, 0.29) is 5.01 Å². The van der Waals surface area contributed by atoms with Crippen LogP contribution in [0.25, 0.3) is 0 Å². The monoisotopic (exact) mass is 228 g/mol. The smallest absolute Gasteiger partial charge is 0.125 e. The van der Waals surface area contributed by atoms with Crippen LogP contribution in [0.4, 0.5) is 0 Å². The summed E-state index contributed by atoms with van der Waals surface area (Å²) in [6.07, 6.45) is 1.12. The van der Waals surface area contributed by atoms with Gasteiger partial charge in [-0.1, -0.05) is 31.9 Å². The molecule has 0 unspecified atom stereocenters. The average Bonchev–Trinajstić information content (AvgIpc) is 1.91. The van der Waals surface area contributed by atoms with Crippen molar-refractivity contribution in [2.24, 2.45) is 0 Å². The predicted molar refractivity (Wildman–Crippen MR) is 36.0 cm³/mol. The van der Waals surface area contributed by atoms with Gasteiger partial charge in [-0.25, -0.2) is 0 Å². The molecule has 0 aromatic rings. The van der Waals surface area contributed by atoms with E-state index in [1.165, 1.54) is 0 Å². The van der Waals surface area contributed by atoms with Gasteiger partial charge in [-0.15, -0.1) is 0 Å². The van der Waals surface area contributed by atoms with Crippen molar-refractivity contribution in [3.8, 4) is 0 Å². The Hall–Kier alpha value is 0.920. The highest BCUT2D eigenvalue weighted by Gasteiger charge is 2.21. The molecule has 7 heavy (non-hydrogen) atoms. The van der Waals surface area contributed by atoms with Crippen LogP contribution in [0.3, 0.4) is 0 Å². The molecule has 0 spiro atoms. The largest absolute Gasteiger partial charge is 0.366 e. The van der Waals surface area contributed by atoms with E-state index in [0.717, 1.165) is 13.0 Å². The first kappa shape index (κ1) is 6.05. The standard InChI is InChI=1S/C4H6Br2O/c5-3-1-2-7-4(3)6/h3-4H,1-2H2/t3-,4-/m0/s1. The minimum absolute atomic E-state index is 0.243. The Bertz CT molecular complexity index is 58.7. The maximum atomic E-state index is 5.13. The molecule has 0 radical (unpaired) electrons. The summed E-state index contributed by atoms with van der Waals surface area (Å²) in [5.41, 5.74) is 0. The molecule has 2 atom stereocenters. The fraction of sp³-hybridized carbons (Fsp3) is 1.00. The van der Waals surface area contributed by atoms with Crippen molar-refractivity contribution in [3.05, 3.63) is 0 Å². The van der Waals surface area contributed by atoms with Crippen molar-refractivity contribution in [2.75, 3.05) is 6.61 Å². The van der Waals surface area contributed by atoms with Crippen LogP contribution in [-0.4, -0.2) is 16.4 Å². The molecule has 3 heteroatoms. The Labute approximate surface area is 59.7 Å². The van der Waals surface area contributed by atoms with Gasteiger partial charge in [-0.05, 0) is 6.42 Å². The second-order valence-electron chi connectivity index (χ2n) is 1.53. The summed E-state index contributed by atoms with van der Waals surface area (Å²) in [7, 11) is 0. The molecule has 0 N–H and O–H groups in total. The summed E-state index contributed by atoms with van der Waals surface area (Å²) in [5.74, 6) is 0. The molecule has 1 fully saturated rings. The maximum Gasteiger partial charge on any atom is 0.125 e. The zero-order chi connectivity index (χ0) is 5.28. The molecule has 0 saturated carbocycles. The summed E-state index contributed by atoms with van der Waals surface area (Å²) in [4.78, 5) is 0.521. The lowest BCUT2D eigenvalue weighted by Crippen LogP contribution is -2.04. The molecule has 1 nitrogen and oxygen atoms in total. The first-order chi connectivity index (χ1) is 3.30. The number of hydrogen-bond donors (Lipinski definition) is 0. The summed E-state index contributed by atoms with van der Waals surface area (Å²) >= 11 is 6.77. The van der Waals surface area contributed by atoms with Crippen LogP contribution >= 0.6 is 31.9 Å². The van der Waals surface area contributed by atoms with Crippen LogP contribution < -0.4 is 0 Å². The van der Waals surface area contributed by atoms with E-state index < -0.39 is 0 Å². The van der Waals surface area contributed by atoms with Crippen molar-refractivity contribution < 1.29 is 4.74 Å². The first-order valence-electron chi connectivity index (χ1n) is 2.20. The van der Waals surface area contributed by atoms with Crippen LogP contribution in [-0.2, 0) is 4.74 Å². The Morgan fingerprint density at radius 3 is 2.29 bits per heavy atom. The predicted octanol–water partition coefficient (Wildman–Crippen LogP) is 1.89. The van der Waals surface area contributed by atoms with Gasteiger partial charge in [0.1, 0.15) is 5.01 Å². The Kier molecular flexibility index (Phi) is 2.13. The van der Waals surface area contributed by atoms with Gasteiger partial charge in [-0.2, -0.15) is 0 Å². The number of hydrogen-bond acceptors (Lipinski definition) is 1. The van der Waals surface area contributed by atoms with Gasteiger partial charge in [0.25, 0.3) is 0 Å². The fourth-order valence-corrected chi connectivity index (χ4v) is 1.32. The van der Waals surface area contributed by atoms with Crippen molar-refractivity contribution in [3.63, 3.8) is 0 Å². The first-order valence-corrected chi connectivity index (χ1v) is 4.03.